The van der Waals surface area contributed by atoms with Crippen LogP contribution < -0.4 is 19.1 Å². The third-order valence-corrected chi connectivity index (χ3v) is 13.2. The predicted molar refractivity (Wildman–Crippen MR) is 281 cm³/mol. The van der Waals surface area contributed by atoms with Gasteiger partial charge in [-0.25, -0.2) is 19.4 Å². The summed E-state index contributed by atoms with van der Waals surface area (Å²) in [6, 6.07) is 30.1. The lowest BCUT2D eigenvalue weighted by Crippen LogP contribution is -2.27. The summed E-state index contributed by atoms with van der Waals surface area (Å²) in [5.74, 6) is 0.672. The molecular weight excluding hydrogens is 917 g/mol. The molecule has 5 aromatic rings. The van der Waals surface area contributed by atoms with Crippen LogP contribution in [0.25, 0.3) is 27.4 Å². The van der Waals surface area contributed by atoms with Crippen molar-refractivity contribution < 1.29 is 47.6 Å². The van der Waals surface area contributed by atoms with Crippen LogP contribution in [0.2, 0.25) is 0 Å². The molecule has 1 aliphatic carbocycles. The van der Waals surface area contributed by atoms with Gasteiger partial charge in [-0.05, 0) is 166 Å². The number of esters is 4. The Bertz CT molecular complexity index is 2510. The van der Waals surface area contributed by atoms with E-state index in [1.807, 2.05) is 36.4 Å². The van der Waals surface area contributed by atoms with Crippen LogP contribution in [0.1, 0.15) is 88.2 Å². The molecule has 1 aromatic heterocycles. The molecule has 12 nitrogen and oxygen atoms in total. The summed E-state index contributed by atoms with van der Waals surface area (Å²) >= 11 is 1.63. The maximum Gasteiger partial charge on any atom is 0.330 e. The first-order valence-electron chi connectivity index (χ1n) is 24.7. The second kappa shape index (κ2) is 29.3. The van der Waals surface area contributed by atoms with E-state index in [4.69, 9.17) is 33.4 Å². The van der Waals surface area contributed by atoms with Crippen LogP contribution >= 0.6 is 11.3 Å². The van der Waals surface area contributed by atoms with E-state index in [9.17, 15) is 19.2 Å². The monoisotopic (exact) mass is 982 g/mol. The van der Waals surface area contributed by atoms with Crippen molar-refractivity contribution >= 4 is 56.6 Å². The van der Waals surface area contributed by atoms with E-state index in [2.05, 4.69) is 79.4 Å². The molecule has 374 valence electrons. The zero-order chi connectivity index (χ0) is 50.0. The third kappa shape index (κ3) is 18.0. The zero-order valence-corrected chi connectivity index (χ0v) is 41.5. The molecule has 0 unspecified atom stereocenters. The molecule has 4 aromatic carbocycles. The Morgan fingerprint density at radius 2 is 1.24 bits per heavy atom. The lowest BCUT2D eigenvalue weighted by molar-refractivity contribution is -0.140. The van der Waals surface area contributed by atoms with Gasteiger partial charge in [0.25, 0.3) is 0 Å². The number of hydrogen-bond donors (Lipinski definition) is 0. The first-order chi connectivity index (χ1) is 34.7. The first kappa shape index (κ1) is 53.4. The highest BCUT2D eigenvalue weighted by atomic mass is 32.1. The summed E-state index contributed by atoms with van der Waals surface area (Å²) in [7, 11) is 0. The van der Waals surface area contributed by atoms with Crippen molar-refractivity contribution in [3.05, 3.63) is 146 Å². The fourth-order valence-electron chi connectivity index (χ4n) is 8.11. The molecule has 6 rings (SSSR count). The van der Waals surface area contributed by atoms with Gasteiger partial charge >= 0.3 is 23.9 Å². The second-order valence-electron chi connectivity index (χ2n) is 17.4. The number of aromatic nitrogens is 1. The molecule has 1 saturated carbocycles. The van der Waals surface area contributed by atoms with Gasteiger partial charge in [-0.3, -0.25) is 4.79 Å². The Labute approximate surface area is 422 Å². The van der Waals surface area contributed by atoms with E-state index in [-0.39, 0.29) is 11.9 Å². The number of rotatable bonds is 30. The van der Waals surface area contributed by atoms with Gasteiger partial charge in [0, 0.05) is 31.0 Å². The number of hydrogen-bond acceptors (Lipinski definition) is 13. The Kier molecular flexibility index (Phi) is 22.0. The van der Waals surface area contributed by atoms with Crippen molar-refractivity contribution in [1.29, 1.82) is 0 Å². The van der Waals surface area contributed by atoms with Gasteiger partial charge in [-0.2, -0.15) is 0 Å². The first-order valence-corrected chi connectivity index (χ1v) is 25.5. The Morgan fingerprint density at radius 1 is 0.634 bits per heavy atom. The molecule has 0 aliphatic heterocycles. The van der Waals surface area contributed by atoms with Crippen molar-refractivity contribution in [3.8, 4) is 28.4 Å². The van der Waals surface area contributed by atoms with E-state index >= 15 is 0 Å². The largest absolute Gasteiger partial charge is 0.494 e. The summed E-state index contributed by atoms with van der Waals surface area (Å²) in [5.41, 5.74) is 5.23. The molecule has 0 N–H and O–H groups in total. The van der Waals surface area contributed by atoms with Gasteiger partial charge in [0.2, 0.25) is 0 Å². The van der Waals surface area contributed by atoms with Crippen LogP contribution in [0, 0.1) is 11.8 Å². The number of aryl methyl sites for hydroxylation is 1. The molecule has 0 saturated heterocycles. The summed E-state index contributed by atoms with van der Waals surface area (Å²) in [6.45, 7) is 13.2. The molecule has 0 atom stereocenters. The average Bonchev–Trinajstić information content (AvgIpc) is 3.84. The van der Waals surface area contributed by atoms with Crippen molar-refractivity contribution in [3.63, 3.8) is 0 Å². The Balaban J connectivity index is 1.05. The number of para-hydroxylation sites is 1. The number of ether oxygens (including phenoxy) is 6. The van der Waals surface area contributed by atoms with Crippen LogP contribution in [0.3, 0.4) is 0 Å². The molecule has 1 heterocycles. The molecule has 71 heavy (non-hydrogen) atoms. The summed E-state index contributed by atoms with van der Waals surface area (Å²) in [4.78, 5) is 54.5. The minimum absolute atomic E-state index is 0.174. The topological polar surface area (TPSA) is 140 Å². The Morgan fingerprint density at radius 3 is 1.90 bits per heavy atom. The maximum absolute atomic E-state index is 13.2. The van der Waals surface area contributed by atoms with Crippen LogP contribution in [0.5, 0.6) is 17.2 Å². The smallest absolute Gasteiger partial charge is 0.330 e. The average molecular weight is 983 g/mol. The third-order valence-electron chi connectivity index (χ3n) is 12.2. The predicted octanol–water partition coefficient (Wildman–Crippen LogP) is 12.5. The normalized spacial score (nSPS) is 14.3. The van der Waals surface area contributed by atoms with Crippen molar-refractivity contribution in [2.24, 2.45) is 11.8 Å². The number of nitrogens with zero attached hydrogens (tertiary/aromatic N) is 2. The van der Waals surface area contributed by atoms with E-state index in [0.717, 1.165) is 121 Å². The van der Waals surface area contributed by atoms with Crippen molar-refractivity contribution in [1.82, 2.24) is 4.98 Å². The van der Waals surface area contributed by atoms with Gasteiger partial charge in [-0.15, -0.1) is 0 Å². The van der Waals surface area contributed by atoms with Crippen LogP contribution in [-0.4, -0.2) is 68.4 Å². The maximum atomic E-state index is 13.2. The highest BCUT2D eigenvalue weighted by Crippen LogP contribution is 2.34. The number of unbranched alkanes of at least 4 members (excludes halogenated alkanes) is 5. The van der Waals surface area contributed by atoms with E-state index in [0.29, 0.717) is 57.7 Å². The van der Waals surface area contributed by atoms with Crippen LogP contribution in [0.4, 0.5) is 5.13 Å². The molecular formula is C58H66N2O10S. The standard InChI is InChI=1S/C58H66N2O10S/c1-4-54(61)66-38-14-8-7-13-37-65-48-28-30-49(31-29-48)70-57(64)46-26-22-44(23-27-46)42-69-50-32-33-51(45-24-20-43(21-25-45)17-11-15-39-67-55(62)5-2)47(41-50)34-36-60(35-12-16-40-68-56(63)6-3)58-59-52-18-9-10-19-53(52)71-58/h4-6,9-10,18-21,24-25,28-34,36,41,44,46H,1-3,7-8,11-17,22-23,26-27,35,37-40,42H2/b36-34+. The lowest BCUT2D eigenvalue weighted by Gasteiger charge is -2.27. The molecule has 1 fully saturated rings. The minimum atomic E-state index is -0.427. The number of thiazole rings is 1. The lowest BCUT2D eigenvalue weighted by atomic mass is 9.82. The van der Waals surface area contributed by atoms with Gasteiger partial charge < -0.3 is 33.3 Å². The zero-order valence-electron chi connectivity index (χ0n) is 40.6. The van der Waals surface area contributed by atoms with Gasteiger partial charge in [0.15, 0.2) is 5.13 Å². The number of carbonyl (C=O) groups excluding carboxylic acids is 4. The van der Waals surface area contributed by atoms with Crippen LogP contribution in [0.15, 0.2) is 135 Å². The van der Waals surface area contributed by atoms with Gasteiger partial charge in [0.05, 0.1) is 49.2 Å². The van der Waals surface area contributed by atoms with Crippen molar-refractivity contribution in [2.75, 3.05) is 44.5 Å². The van der Waals surface area contributed by atoms with Crippen molar-refractivity contribution in [2.45, 2.75) is 83.5 Å². The molecule has 0 spiro atoms. The number of anilines is 1. The summed E-state index contributed by atoms with van der Waals surface area (Å²) < 4.78 is 34.7. The second-order valence-corrected chi connectivity index (χ2v) is 18.4. The molecule has 1 aliphatic rings. The number of fused-ring (bicyclic) bond motifs is 1. The van der Waals surface area contributed by atoms with E-state index in [1.54, 1.807) is 23.5 Å². The van der Waals surface area contributed by atoms with Gasteiger partial charge in [-0.1, -0.05) is 73.5 Å². The van der Waals surface area contributed by atoms with Gasteiger partial charge in [0.1, 0.15) is 17.2 Å². The quantitative estimate of drug-likeness (QED) is 0.0142. The van der Waals surface area contributed by atoms with Crippen LogP contribution in [-0.2, 0) is 39.8 Å². The number of benzene rings is 4. The fraction of sp³-hybridized carbons (Fsp3) is 0.362. The molecule has 0 radical (unpaired) electrons. The summed E-state index contributed by atoms with van der Waals surface area (Å²) in [5, 5.41) is 0.868. The van der Waals surface area contributed by atoms with E-state index in [1.165, 1.54) is 23.8 Å². The highest BCUT2D eigenvalue weighted by molar-refractivity contribution is 7.22. The highest BCUT2D eigenvalue weighted by Gasteiger charge is 2.28. The molecule has 0 bridgehead atoms. The van der Waals surface area contributed by atoms with E-state index < -0.39 is 17.9 Å². The minimum Gasteiger partial charge on any atom is -0.494 e. The SMILES string of the molecule is C=CC(=O)OCCCCCCOc1ccc(OC(=O)C2CCC(COc3ccc(-c4ccc(CCCCOC(=O)C=C)cc4)c(/C=C/N(CCCCOC(=O)C=C)c4nc5ccccc5s4)c3)CC2)cc1. The Hall–Kier alpha value is -6.99. The molecule has 0 amide bonds. The summed E-state index contributed by atoms with van der Waals surface area (Å²) in [6.07, 6.45) is 18.5. The molecule has 13 heteroatoms. The fourth-order valence-corrected chi connectivity index (χ4v) is 9.08. The number of carbonyl (C=O) groups is 4.